The number of hydrogen-bond donors (Lipinski definition) is 1. The highest BCUT2D eigenvalue weighted by Gasteiger charge is 2.40. The van der Waals surface area contributed by atoms with E-state index in [1.807, 2.05) is 12.1 Å². The number of imide groups is 1. The third-order valence-electron chi connectivity index (χ3n) is 8.39. The molecule has 5 rings (SSSR count). The lowest BCUT2D eigenvalue weighted by Crippen LogP contribution is -2.52. The Kier molecular flexibility index (Phi) is 8.04. The Balaban J connectivity index is 1.13. The maximum absolute atomic E-state index is 13.0. The van der Waals surface area contributed by atoms with Gasteiger partial charge in [0.15, 0.2) is 0 Å². The Morgan fingerprint density at radius 3 is 2.54 bits per heavy atom. The zero-order valence-electron chi connectivity index (χ0n) is 22.5. The molecule has 3 amide bonds. The van der Waals surface area contributed by atoms with E-state index in [1.165, 1.54) is 18.2 Å². The molecule has 0 saturated carbocycles. The summed E-state index contributed by atoms with van der Waals surface area (Å²) in [5.74, 6) is -1.23. The number of carbonyl (C=O) groups is 3. The number of benzene rings is 2. The summed E-state index contributed by atoms with van der Waals surface area (Å²) in [4.78, 5) is 40.8. The summed E-state index contributed by atoms with van der Waals surface area (Å²) >= 11 is 0. The quantitative estimate of drug-likeness (QED) is 0.378. The molecule has 11 heteroatoms. The summed E-state index contributed by atoms with van der Waals surface area (Å²) in [5.41, 5.74) is 2.32. The molecule has 3 aliphatic heterocycles. The van der Waals surface area contributed by atoms with Crippen LogP contribution in [0.25, 0.3) is 0 Å². The lowest BCUT2D eigenvalue weighted by atomic mass is 9.74. The molecule has 2 aromatic carbocycles. The van der Waals surface area contributed by atoms with Crippen molar-refractivity contribution in [2.45, 2.75) is 69.3 Å². The van der Waals surface area contributed by atoms with Crippen LogP contribution >= 0.6 is 0 Å². The number of carbonyl (C=O) groups excluding carboxylic acids is 3. The van der Waals surface area contributed by atoms with Gasteiger partial charge in [0, 0.05) is 18.5 Å². The van der Waals surface area contributed by atoms with Crippen LogP contribution in [0.5, 0.6) is 5.75 Å². The fraction of sp³-hybridized carbons (Fsp3) is 0.467. The van der Waals surface area contributed by atoms with E-state index in [0.717, 1.165) is 36.9 Å². The molecule has 8 nitrogen and oxygen atoms in total. The SMILES string of the molecule is N#CC1(c2cccc(OC(F)(F)F)c2)CCN(CCCCc2cccc3c2CN(C2CCC(=O)NC2=O)C3=O)CC1. The van der Waals surface area contributed by atoms with E-state index in [1.54, 1.807) is 17.0 Å². The lowest BCUT2D eigenvalue weighted by Gasteiger charge is -2.37. The van der Waals surface area contributed by atoms with E-state index in [2.05, 4.69) is 21.0 Å². The van der Waals surface area contributed by atoms with Crippen LogP contribution in [0.2, 0.25) is 0 Å². The minimum Gasteiger partial charge on any atom is -0.406 e. The third-order valence-corrected chi connectivity index (χ3v) is 8.39. The zero-order chi connectivity index (χ0) is 29.2. The van der Waals surface area contributed by atoms with Gasteiger partial charge in [0.25, 0.3) is 5.91 Å². The maximum Gasteiger partial charge on any atom is 0.573 e. The van der Waals surface area contributed by atoms with Gasteiger partial charge in [-0.2, -0.15) is 5.26 Å². The number of unbranched alkanes of at least 4 members (excludes halogenated alkanes) is 1. The van der Waals surface area contributed by atoms with Crippen molar-refractivity contribution in [3.63, 3.8) is 0 Å². The Morgan fingerprint density at radius 2 is 1.83 bits per heavy atom. The number of nitrogens with one attached hydrogen (secondary N) is 1. The number of amides is 3. The minimum absolute atomic E-state index is 0.179. The van der Waals surface area contributed by atoms with Crippen LogP contribution in [0.1, 0.15) is 65.6 Å². The van der Waals surface area contributed by atoms with Crippen LogP contribution in [-0.4, -0.2) is 59.6 Å². The van der Waals surface area contributed by atoms with Gasteiger partial charge >= 0.3 is 6.36 Å². The molecule has 0 aliphatic carbocycles. The first-order valence-electron chi connectivity index (χ1n) is 13.8. The highest BCUT2D eigenvalue weighted by Crippen LogP contribution is 2.37. The molecule has 1 unspecified atom stereocenters. The van der Waals surface area contributed by atoms with E-state index in [4.69, 9.17) is 0 Å². The van der Waals surface area contributed by atoms with E-state index in [-0.39, 0.29) is 24.0 Å². The second-order valence-corrected chi connectivity index (χ2v) is 10.9. The molecule has 3 aliphatic rings. The first-order valence-corrected chi connectivity index (χ1v) is 13.8. The van der Waals surface area contributed by atoms with Crippen LogP contribution in [0.3, 0.4) is 0 Å². The van der Waals surface area contributed by atoms with Crippen LogP contribution < -0.4 is 10.1 Å². The van der Waals surface area contributed by atoms with E-state index < -0.39 is 23.7 Å². The number of alkyl halides is 3. The largest absolute Gasteiger partial charge is 0.573 e. The summed E-state index contributed by atoms with van der Waals surface area (Å²) in [5, 5.41) is 12.3. The van der Waals surface area contributed by atoms with Crippen LogP contribution in [-0.2, 0) is 28.0 Å². The van der Waals surface area contributed by atoms with Gasteiger partial charge in [-0.1, -0.05) is 24.3 Å². The second-order valence-electron chi connectivity index (χ2n) is 10.9. The fourth-order valence-corrected chi connectivity index (χ4v) is 6.15. The summed E-state index contributed by atoms with van der Waals surface area (Å²) < 4.78 is 42.1. The average Bonchev–Trinajstić information content (AvgIpc) is 3.27. The second kappa shape index (κ2) is 11.5. The number of nitriles is 1. The molecule has 0 aromatic heterocycles. The highest BCUT2D eigenvalue weighted by molar-refractivity contribution is 6.05. The molecule has 2 fully saturated rings. The molecule has 1 atom stereocenters. The van der Waals surface area contributed by atoms with E-state index >= 15 is 0 Å². The Morgan fingerprint density at radius 1 is 1.07 bits per heavy atom. The first kappa shape index (κ1) is 28.6. The summed E-state index contributed by atoms with van der Waals surface area (Å²) in [6, 6.07) is 13.1. The van der Waals surface area contributed by atoms with Crippen molar-refractivity contribution >= 4 is 17.7 Å². The van der Waals surface area contributed by atoms with Crippen molar-refractivity contribution in [1.82, 2.24) is 15.1 Å². The van der Waals surface area contributed by atoms with Gasteiger partial charge in [-0.3, -0.25) is 19.7 Å². The number of fused-ring (bicyclic) bond motifs is 1. The van der Waals surface area contributed by atoms with Gasteiger partial charge in [0.2, 0.25) is 11.8 Å². The van der Waals surface area contributed by atoms with Crippen LogP contribution in [0.15, 0.2) is 42.5 Å². The Bertz CT molecular complexity index is 1380. The molecule has 0 radical (unpaired) electrons. The fourth-order valence-electron chi connectivity index (χ4n) is 6.15. The number of hydrogen-bond acceptors (Lipinski definition) is 6. The predicted molar refractivity (Wildman–Crippen MR) is 142 cm³/mol. The summed E-state index contributed by atoms with van der Waals surface area (Å²) in [6.07, 6.45) is -0.634. The molecule has 216 valence electrons. The van der Waals surface area contributed by atoms with Gasteiger partial charge in [0.05, 0.1) is 11.5 Å². The molecule has 0 bridgehead atoms. The molecular formula is C30H31F3N4O4. The van der Waals surface area contributed by atoms with Gasteiger partial charge in [-0.25, -0.2) is 0 Å². The molecule has 3 heterocycles. The number of rotatable bonds is 8. The van der Waals surface area contributed by atoms with Gasteiger partial charge in [-0.15, -0.1) is 13.2 Å². The molecule has 2 aromatic rings. The van der Waals surface area contributed by atoms with Gasteiger partial charge in [-0.05, 0) is 93.0 Å². The average molecular weight is 569 g/mol. The molecule has 2 saturated heterocycles. The first-order chi connectivity index (χ1) is 19.6. The number of nitrogens with zero attached hydrogens (tertiary/aromatic N) is 3. The van der Waals surface area contributed by atoms with Crippen molar-refractivity contribution in [2.24, 2.45) is 0 Å². The van der Waals surface area contributed by atoms with Crippen molar-refractivity contribution in [3.05, 3.63) is 64.7 Å². The summed E-state index contributed by atoms with van der Waals surface area (Å²) in [7, 11) is 0. The number of piperidine rings is 2. The number of aryl methyl sites for hydroxylation is 1. The molecular weight excluding hydrogens is 537 g/mol. The molecule has 1 N–H and O–H groups in total. The smallest absolute Gasteiger partial charge is 0.406 e. The van der Waals surface area contributed by atoms with E-state index in [9.17, 15) is 32.8 Å². The molecule has 0 spiro atoms. The molecule has 41 heavy (non-hydrogen) atoms. The van der Waals surface area contributed by atoms with Crippen molar-refractivity contribution in [3.8, 4) is 11.8 Å². The Hall–Kier alpha value is -3.91. The van der Waals surface area contributed by atoms with Crippen molar-refractivity contribution in [2.75, 3.05) is 19.6 Å². The standard InChI is InChI=1S/C30H31F3N4O4/c31-30(32,33)41-22-8-4-7-21(17-22)29(19-34)12-15-36(16-13-29)14-2-1-5-20-6-3-9-23-24(20)18-37(28(23)40)25-10-11-26(38)35-27(25)39/h3-4,6-9,17,25H,1-2,5,10-16,18H2,(H,35,38,39). The summed E-state index contributed by atoms with van der Waals surface area (Å²) in [6.45, 7) is 2.51. The van der Waals surface area contributed by atoms with Crippen molar-refractivity contribution < 1.29 is 32.3 Å². The monoisotopic (exact) mass is 568 g/mol. The van der Waals surface area contributed by atoms with Crippen LogP contribution in [0, 0.1) is 11.3 Å². The van der Waals surface area contributed by atoms with Crippen molar-refractivity contribution in [1.29, 1.82) is 5.26 Å². The van der Waals surface area contributed by atoms with Gasteiger partial charge < -0.3 is 14.5 Å². The number of halogens is 3. The number of ether oxygens (including phenoxy) is 1. The third kappa shape index (κ3) is 6.22. The number of likely N-dealkylation sites (tertiary alicyclic amines) is 1. The lowest BCUT2D eigenvalue weighted by molar-refractivity contribution is -0.274. The minimum atomic E-state index is -4.79. The topological polar surface area (TPSA) is 103 Å². The maximum atomic E-state index is 13.0. The van der Waals surface area contributed by atoms with Crippen LogP contribution in [0.4, 0.5) is 13.2 Å². The Labute approximate surface area is 236 Å². The normalized spacial score (nSPS) is 20.9. The predicted octanol–water partition coefficient (Wildman–Crippen LogP) is 4.23. The van der Waals surface area contributed by atoms with E-state index in [0.29, 0.717) is 50.0 Å². The highest BCUT2D eigenvalue weighted by atomic mass is 19.4. The van der Waals surface area contributed by atoms with Gasteiger partial charge in [0.1, 0.15) is 11.8 Å². The zero-order valence-corrected chi connectivity index (χ0v) is 22.5.